The molecule has 6 rings (SSSR count). The molecule has 4 aromatic rings. The van der Waals surface area contributed by atoms with Crippen molar-refractivity contribution in [3.8, 4) is 5.75 Å². The highest BCUT2D eigenvalue weighted by Gasteiger charge is 2.57. The topological polar surface area (TPSA) is 104 Å². The van der Waals surface area contributed by atoms with Gasteiger partial charge in [-0.15, -0.1) is 0 Å². The van der Waals surface area contributed by atoms with Crippen molar-refractivity contribution in [1.82, 2.24) is 13.8 Å². The number of aromatic nitrogens is 1. The van der Waals surface area contributed by atoms with Crippen LogP contribution in [-0.2, 0) is 22.5 Å². The normalized spacial score (nSPS) is 18.3. The summed E-state index contributed by atoms with van der Waals surface area (Å²) in [5, 5.41) is 14.2. The zero-order chi connectivity index (χ0) is 29.1. The number of aliphatic hydroxyl groups excluding tert-OH is 1. The quantitative estimate of drug-likeness (QED) is 0.371. The minimum atomic E-state index is -4.01. The maximum atomic E-state index is 13.9. The van der Waals surface area contributed by atoms with Gasteiger partial charge in [-0.25, -0.2) is 22.0 Å². The molecule has 3 heterocycles. The summed E-state index contributed by atoms with van der Waals surface area (Å²) < 4.78 is 62.8. The second-order valence-electron chi connectivity index (χ2n) is 10.5. The molecule has 9 nitrogen and oxygen atoms in total. The predicted octanol–water partition coefficient (Wildman–Crippen LogP) is 3.99. The van der Waals surface area contributed by atoms with Crippen molar-refractivity contribution in [1.29, 1.82) is 0 Å². The lowest BCUT2D eigenvalue weighted by Gasteiger charge is -2.55. The van der Waals surface area contributed by atoms with E-state index in [0.717, 1.165) is 22.5 Å². The number of urea groups is 1. The fraction of sp³-hybridized carbons (Fsp3) is 0.276. The van der Waals surface area contributed by atoms with Gasteiger partial charge in [-0.1, -0.05) is 6.07 Å². The molecule has 1 atom stereocenters. The van der Waals surface area contributed by atoms with Crippen molar-refractivity contribution in [2.45, 2.75) is 16.4 Å². The fourth-order valence-electron chi connectivity index (χ4n) is 6.13. The molecule has 1 fully saturated rings. The number of carbonyl (C=O) groups excluding carboxylic acids is 1. The molecule has 12 heteroatoms. The molecule has 2 amide bonds. The Morgan fingerprint density at radius 2 is 1.78 bits per heavy atom. The first-order valence-electron chi connectivity index (χ1n) is 12.9. The molecule has 1 saturated heterocycles. The van der Waals surface area contributed by atoms with Crippen LogP contribution in [0.2, 0.25) is 0 Å². The second-order valence-corrected chi connectivity index (χ2v) is 12.4. The Labute approximate surface area is 235 Å². The van der Waals surface area contributed by atoms with E-state index < -0.39 is 39.1 Å². The summed E-state index contributed by atoms with van der Waals surface area (Å²) in [6, 6.07) is 14.5. The van der Waals surface area contributed by atoms with Crippen molar-refractivity contribution in [2.75, 3.05) is 38.7 Å². The molecule has 0 unspecified atom stereocenters. The number of methoxy groups -OCH3 is 1. The first kappa shape index (κ1) is 27.2. The molecule has 3 aromatic carbocycles. The minimum absolute atomic E-state index is 0.0441. The van der Waals surface area contributed by atoms with Crippen LogP contribution in [0.3, 0.4) is 0 Å². The minimum Gasteiger partial charge on any atom is -0.497 e. The number of hydrogen-bond donors (Lipinski definition) is 2. The van der Waals surface area contributed by atoms with Gasteiger partial charge >= 0.3 is 6.03 Å². The van der Waals surface area contributed by atoms with Gasteiger partial charge in [0, 0.05) is 54.9 Å². The number of rotatable bonds is 5. The van der Waals surface area contributed by atoms with Gasteiger partial charge in [0.25, 0.3) is 0 Å². The Balaban J connectivity index is 1.44. The zero-order valence-electron chi connectivity index (χ0n) is 22.3. The third-order valence-corrected chi connectivity index (χ3v) is 9.86. The predicted molar refractivity (Wildman–Crippen MR) is 148 cm³/mol. The van der Waals surface area contributed by atoms with Gasteiger partial charge in [-0.05, 0) is 60.2 Å². The molecule has 1 spiro atoms. The average molecular weight is 583 g/mol. The molecule has 0 bridgehead atoms. The maximum Gasteiger partial charge on any atom is 0.322 e. The number of nitrogens with zero attached hydrogens (tertiary/aromatic N) is 3. The van der Waals surface area contributed by atoms with Crippen LogP contribution in [0.25, 0.3) is 10.9 Å². The van der Waals surface area contributed by atoms with E-state index in [1.54, 1.807) is 7.11 Å². The summed E-state index contributed by atoms with van der Waals surface area (Å²) in [4.78, 5) is 15.0. The number of aryl methyl sites for hydroxylation is 1. The van der Waals surface area contributed by atoms with Crippen molar-refractivity contribution >= 4 is 32.6 Å². The van der Waals surface area contributed by atoms with Crippen LogP contribution in [0.5, 0.6) is 5.75 Å². The van der Waals surface area contributed by atoms with Crippen LogP contribution >= 0.6 is 0 Å². The molecule has 1 aromatic heterocycles. The van der Waals surface area contributed by atoms with E-state index in [9.17, 15) is 27.1 Å². The molecule has 0 saturated carbocycles. The van der Waals surface area contributed by atoms with Gasteiger partial charge in [0.15, 0.2) is 0 Å². The van der Waals surface area contributed by atoms with Crippen LogP contribution in [0.4, 0.5) is 19.3 Å². The Morgan fingerprint density at radius 3 is 2.44 bits per heavy atom. The molecular formula is C29H28F2N4O5S. The van der Waals surface area contributed by atoms with Gasteiger partial charge in [0.1, 0.15) is 17.4 Å². The average Bonchev–Trinajstić information content (AvgIpc) is 3.24. The van der Waals surface area contributed by atoms with Crippen molar-refractivity contribution in [2.24, 2.45) is 7.05 Å². The van der Waals surface area contributed by atoms with E-state index >= 15 is 0 Å². The van der Waals surface area contributed by atoms with Crippen molar-refractivity contribution in [3.05, 3.63) is 89.6 Å². The first-order chi connectivity index (χ1) is 19.6. The van der Waals surface area contributed by atoms with Crippen LogP contribution in [0.15, 0.2) is 71.6 Å². The van der Waals surface area contributed by atoms with E-state index in [0.29, 0.717) is 17.1 Å². The molecule has 0 aliphatic carbocycles. The molecule has 2 N–H and O–H groups in total. The van der Waals surface area contributed by atoms with Gasteiger partial charge in [-0.2, -0.15) is 4.31 Å². The number of hydrogen-bond acceptors (Lipinski definition) is 5. The molecule has 214 valence electrons. The smallest absolute Gasteiger partial charge is 0.322 e. The van der Waals surface area contributed by atoms with E-state index in [4.69, 9.17) is 4.74 Å². The van der Waals surface area contributed by atoms with Gasteiger partial charge in [0.2, 0.25) is 10.0 Å². The number of nitrogens with one attached hydrogen (secondary N) is 1. The van der Waals surface area contributed by atoms with E-state index in [1.807, 2.05) is 29.8 Å². The first-order valence-corrected chi connectivity index (χ1v) is 14.4. The summed E-state index contributed by atoms with van der Waals surface area (Å²) in [6.45, 7) is -0.185. The molecule has 2 aliphatic rings. The highest BCUT2D eigenvalue weighted by Crippen LogP contribution is 2.50. The summed E-state index contributed by atoms with van der Waals surface area (Å²) in [5.41, 5.74) is 1.90. The number of carbonyl (C=O) groups is 1. The van der Waals surface area contributed by atoms with Crippen LogP contribution < -0.4 is 10.1 Å². The number of fused-ring (bicyclic) bond motifs is 4. The number of anilines is 1. The fourth-order valence-corrected chi connectivity index (χ4v) is 7.78. The number of sulfonamides is 1. The standard InChI is InChI=1S/C29H28F2N4O5S/c1-33-24-13-21(40-2)10-11-23(24)26-27(33)25(14-36)35(28(37)32-20-8-6-18(30)7-9-20)17-29(26)15-34(16-29)41(38,39)22-5-3-4-19(31)12-22/h3-13,25,36H,14-17H2,1-2H3,(H,32,37)/t25-/m1/s1. The molecule has 41 heavy (non-hydrogen) atoms. The zero-order valence-corrected chi connectivity index (χ0v) is 23.2. The summed E-state index contributed by atoms with van der Waals surface area (Å²) in [7, 11) is -0.615. The SMILES string of the molecule is COc1ccc2c3c(n(C)c2c1)[C@@H](CO)N(C(=O)Nc1ccc(F)cc1)CC31CN(S(=O)(=O)c2cccc(F)c2)C1. The number of halogens is 2. The summed E-state index contributed by atoms with van der Waals surface area (Å²) in [5.74, 6) is -0.476. The van der Waals surface area contributed by atoms with E-state index in [1.165, 1.54) is 51.7 Å². The Hall–Kier alpha value is -4.00. The largest absolute Gasteiger partial charge is 0.497 e. The van der Waals surface area contributed by atoms with Crippen molar-refractivity contribution < 1.29 is 31.8 Å². The van der Waals surface area contributed by atoms with E-state index in [-0.39, 0.29) is 31.1 Å². The number of ether oxygens (including phenoxy) is 1. The second kappa shape index (κ2) is 9.82. The number of amides is 2. The van der Waals surface area contributed by atoms with Crippen LogP contribution in [0.1, 0.15) is 17.3 Å². The summed E-state index contributed by atoms with van der Waals surface area (Å²) in [6.07, 6.45) is 0. The Morgan fingerprint density at radius 1 is 1.05 bits per heavy atom. The number of benzene rings is 3. The van der Waals surface area contributed by atoms with Gasteiger partial charge < -0.3 is 24.6 Å². The molecule has 0 radical (unpaired) electrons. The lowest BCUT2D eigenvalue weighted by molar-refractivity contribution is 0.0535. The van der Waals surface area contributed by atoms with Crippen LogP contribution in [0, 0.1) is 11.6 Å². The van der Waals surface area contributed by atoms with Crippen LogP contribution in [-0.4, -0.2) is 66.7 Å². The number of aliphatic hydroxyl groups is 1. The maximum absolute atomic E-state index is 13.9. The highest BCUT2D eigenvalue weighted by atomic mass is 32.2. The third-order valence-electron chi connectivity index (χ3n) is 8.07. The third kappa shape index (κ3) is 4.33. The van der Waals surface area contributed by atoms with Gasteiger partial charge in [-0.3, -0.25) is 0 Å². The van der Waals surface area contributed by atoms with Crippen molar-refractivity contribution in [3.63, 3.8) is 0 Å². The molecular weight excluding hydrogens is 554 g/mol. The Bertz CT molecular complexity index is 1770. The highest BCUT2D eigenvalue weighted by molar-refractivity contribution is 7.89. The Kier molecular flexibility index (Phi) is 6.51. The monoisotopic (exact) mass is 582 g/mol. The van der Waals surface area contributed by atoms with E-state index in [2.05, 4.69) is 5.32 Å². The van der Waals surface area contributed by atoms with Gasteiger partial charge in [0.05, 0.1) is 30.2 Å². The summed E-state index contributed by atoms with van der Waals surface area (Å²) >= 11 is 0. The lowest BCUT2D eigenvalue weighted by atomic mass is 9.70. The molecule has 2 aliphatic heterocycles. The lowest BCUT2D eigenvalue weighted by Crippen LogP contribution is -2.68.